The summed E-state index contributed by atoms with van der Waals surface area (Å²) in [5, 5.41) is 14.9. The molecule has 1 aliphatic heterocycles. The van der Waals surface area contributed by atoms with Crippen molar-refractivity contribution in [3.8, 4) is 5.69 Å². The number of hydrogen-bond donors (Lipinski definition) is 1. The lowest BCUT2D eigenvalue weighted by atomic mass is 9.95. The molecule has 0 bridgehead atoms. The van der Waals surface area contributed by atoms with Crippen molar-refractivity contribution >= 4 is 5.91 Å². The number of carbonyl (C=O) groups is 1. The molecule has 2 fully saturated rings. The molecule has 2 heterocycles. The maximum Gasteiger partial charge on any atom is 0.224 e. The third kappa shape index (κ3) is 3.77. The van der Waals surface area contributed by atoms with Crippen molar-refractivity contribution in [2.45, 2.75) is 51.1 Å². The molecule has 1 saturated carbocycles. The van der Waals surface area contributed by atoms with Crippen molar-refractivity contribution < 1.29 is 4.79 Å². The SMILES string of the molecule is O=C(NCc1nnnn1-c1ccccc1)C1CCCN(C2CCCC2)C1. The van der Waals surface area contributed by atoms with E-state index in [0.717, 1.165) is 31.6 Å². The standard InChI is InChI=1S/C19H26N6O/c26-19(15-7-6-12-24(14-15)16-8-4-5-9-16)20-13-18-21-22-23-25(18)17-10-2-1-3-11-17/h1-3,10-11,15-16H,4-9,12-14H2,(H,20,26). The minimum atomic E-state index is 0.0744. The van der Waals surface area contributed by atoms with E-state index in [1.807, 2.05) is 30.3 Å². The second-order valence-electron chi connectivity index (χ2n) is 7.33. The number of nitrogens with one attached hydrogen (secondary N) is 1. The van der Waals surface area contributed by atoms with Crippen molar-refractivity contribution in [2.75, 3.05) is 13.1 Å². The first-order valence-electron chi connectivity index (χ1n) is 9.66. The first-order chi connectivity index (χ1) is 12.8. The monoisotopic (exact) mass is 354 g/mol. The number of aromatic nitrogens is 4. The quantitative estimate of drug-likeness (QED) is 0.888. The van der Waals surface area contributed by atoms with Crippen LogP contribution in [0.2, 0.25) is 0 Å². The van der Waals surface area contributed by atoms with Crippen molar-refractivity contribution in [1.82, 2.24) is 30.4 Å². The number of tetrazole rings is 1. The van der Waals surface area contributed by atoms with Gasteiger partial charge in [0.2, 0.25) is 5.91 Å². The number of rotatable bonds is 5. The number of amides is 1. The summed E-state index contributed by atoms with van der Waals surface area (Å²) >= 11 is 0. The molecule has 0 spiro atoms. The van der Waals surface area contributed by atoms with Crippen molar-refractivity contribution in [3.05, 3.63) is 36.2 Å². The van der Waals surface area contributed by atoms with Crippen LogP contribution in [-0.2, 0) is 11.3 Å². The highest BCUT2D eigenvalue weighted by molar-refractivity contribution is 5.78. The van der Waals surface area contributed by atoms with E-state index in [2.05, 4.69) is 25.7 Å². The van der Waals surface area contributed by atoms with E-state index in [1.165, 1.54) is 25.7 Å². The van der Waals surface area contributed by atoms with Gasteiger partial charge in [0.25, 0.3) is 0 Å². The van der Waals surface area contributed by atoms with Crippen molar-refractivity contribution in [3.63, 3.8) is 0 Å². The Balaban J connectivity index is 1.35. The topological polar surface area (TPSA) is 75.9 Å². The highest BCUT2D eigenvalue weighted by atomic mass is 16.1. The molecule has 2 aromatic rings. The predicted molar refractivity (Wildman–Crippen MR) is 97.6 cm³/mol. The molecule has 138 valence electrons. The molecule has 2 aliphatic rings. The number of likely N-dealkylation sites (tertiary alicyclic amines) is 1. The Morgan fingerprint density at radius 3 is 2.73 bits per heavy atom. The summed E-state index contributed by atoms with van der Waals surface area (Å²) in [5.41, 5.74) is 0.895. The number of piperidine rings is 1. The zero-order valence-electron chi connectivity index (χ0n) is 15.0. The van der Waals surface area contributed by atoms with Gasteiger partial charge in [-0.3, -0.25) is 9.69 Å². The Morgan fingerprint density at radius 2 is 1.92 bits per heavy atom. The van der Waals surface area contributed by atoms with E-state index < -0.39 is 0 Å². The molecule has 7 nitrogen and oxygen atoms in total. The van der Waals surface area contributed by atoms with E-state index in [4.69, 9.17) is 0 Å². The van der Waals surface area contributed by atoms with Crippen LogP contribution in [0.5, 0.6) is 0 Å². The normalized spacial score (nSPS) is 21.8. The Hall–Kier alpha value is -2.28. The van der Waals surface area contributed by atoms with Crippen LogP contribution in [0.4, 0.5) is 0 Å². The van der Waals surface area contributed by atoms with Gasteiger partial charge >= 0.3 is 0 Å². The van der Waals surface area contributed by atoms with Gasteiger partial charge < -0.3 is 5.32 Å². The van der Waals surface area contributed by atoms with Crippen LogP contribution in [-0.4, -0.2) is 50.1 Å². The van der Waals surface area contributed by atoms with Crippen LogP contribution >= 0.6 is 0 Å². The highest BCUT2D eigenvalue weighted by Gasteiger charge is 2.31. The van der Waals surface area contributed by atoms with Crippen LogP contribution in [0, 0.1) is 5.92 Å². The lowest BCUT2D eigenvalue weighted by Gasteiger charge is -2.36. The number of para-hydroxylation sites is 1. The van der Waals surface area contributed by atoms with Crippen LogP contribution in [0.15, 0.2) is 30.3 Å². The summed E-state index contributed by atoms with van der Waals surface area (Å²) in [7, 11) is 0. The second kappa shape index (κ2) is 7.95. The molecule has 7 heteroatoms. The minimum Gasteiger partial charge on any atom is -0.348 e. The van der Waals surface area contributed by atoms with Crippen LogP contribution in [0.1, 0.15) is 44.3 Å². The van der Waals surface area contributed by atoms with Gasteiger partial charge in [-0.25, -0.2) is 0 Å². The molecule has 0 radical (unpaired) electrons. The van der Waals surface area contributed by atoms with Crippen LogP contribution < -0.4 is 5.32 Å². The Labute approximate surface area is 153 Å². The van der Waals surface area contributed by atoms with Crippen LogP contribution in [0.25, 0.3) is 5.69 Å². The Kier molecular flexibility index (Phi) is 5.24. The lowest BCUT2D eigenvalue weighted by molar-refractivity contribution is -0.127. The summed E-state index contributed by atoms with van der Waals surface area (Å²) in [5.74, 6) is 0.841. The molecular formula is C19H26N6O. The lowest BCUT2D eigenvalue weighted by Crippen LogP contribution is -2.46. The number of hydrogen-bond acceptors (Lipinski definition) is 5. The minimum absolute atomic E-state index is 0.0744. The average molecular weight is 354 g/mol. The zero-order chi connectivity index (χ0) is 17.8. The van der Waals surface area contributed by atoms with Crippen molar-refractivity contribution in [2.24, 2.45) is 5.92 Å². The summed E-state index contributed by atoms with van der Waals surface area (Å²) < 4.78 is 1.67. The highest BCUT2D eigenvalue weighted by Crippen LogP contribution is 2.28. The van der Waals surface area contributed by atoms with Gasteiger partial charge in [-0.1, -0.05) is 31.0 Å². The van der Waals surface area contributed by atoms with Crippen LogP contribution in [0.3, 0.4) is 0 Å². The molecule has 1 aliphatic carbocycles. The molecule has 1 saturated heterocycles. The van der Waals surface area contributed by atoms with Gasteiger partial charge in [0.1, 0.15) is 0 Å². The van der Waals surface area contributed by atoms with E-state index in [9.17, 15) is 4.79 Å². The maximum atomic E-state index is 12.7. The molecule has 1 amide bonds. The Morgan fingerprint density at radius 1 is 1.12 bits per heavy atom. The predicted octanol–water partition coefficient (Wildman–Crippen LogP) is 1.93. The number of benzene rings is 1. The molecule has 1 atom stereocenters. The smallest absolute Gasteiger partial charge is 0.224 e. The fraction of sp³-hybridized carbons (Fsp3) is 0.579. The maximum absolute atomic E-state index is 12.7. The van der Waals surface area contributed by atoms with Gasteiger partial charge in [0, 0.05) is 12.6 Å². The summed E-state index contributed by atoms with van der Waals surface area (Å²) in [6.45, 7) is 2.38. The number of carbonyl (C=O) groups excluding carboxylic acids is 1. The average Bonchev–Trinajstić information content (AvgIpc) is 3.39. The molecule has 1 aromatic carbocycles. The van der Waals surface area contributed by atoms with Gasteiger partial charge in [-0.2, -0.15) is 4.68 Å². The summed E-state index contributed by atoms with van der Waals surface area (Å²) in [6, 6.07) is 10.4. The summed E-state index contributed by atoms with van der Waals surface area (Å²) in [4.78, 5) is 15.2. The van der Waals surface area contributed by atoms with E-state index in [1.54, 1.807) is 4.68 Å². The first kappa shape index (κ1) is 17.1. The van der Waals surface area contributed by atoms with Gasteiger partial charge in [-0.15, -0.1) is 5.10 Å². The molecule has 26 heavy (non-hydrogen) atoms. The molecule has 1 unspecified atom stereocenters. The largest absolute Gasteiger partial charge is 0.348 e. The molecule has 1 aromatic heterocycles. The number of nitrogens with zero attached hydrogens (tertiary/aromatic N) is 5. The van der Waals surface area contributed by atoms with E-state index in [-0.39, 0.29) is 11.8 Å². The van der Waals surface area contributed by atoms with Gasteiger partial charge in [0.05, 0.1) is 18.2 Å². The third-order valence-corrected chi connectivity index (χ3v) is 5.62. The summed E-state index contributed by atoms with van der Waals surface area (Å²) in [6.07, 6.45) is 7.33. The third-order valence-electron chi connectivity index (χ3n) is 5.62. The fourth-order valence-electron chi connectivity index (χ4n) is 4.22. The van der Waals surface area contributed by atoms with E-state index >= 15 is 0 Å². The fourth-order valence-corrected chi connectivity index (χ4v) is 4.22. The van der Waals surface area contributed by atoms with Crippen molar-refractivity contribution in [1.29, 1.82) is 0 Å². The molecule has 4 rings (SSSR count). The van der Waals surface area contributed by atoms with Gasteiger partial charge in [0.15, 0.2) is 5.82 Å². The van der Waals surface area contributed by atoms with Gasteiger partial charge in [-0.05, 0) is 54.8 Å². The van der Waals surface area contributed by atoms with E-state index in [0.29, 0.717) is 18.4 Å². The second-order valence-corrected chi connectivity index (χ2v) is 7.33. The molecule has 1 N–H and O–H groups in total. The Bertz CT molecular complexity index is 725. The first-order valence-corrected chi connectivity index (χ1v) is 9.66. The zero-order valence-corrected chi connectivity index (χ0v) is 15.0. The molecular weight excluding hydrogens is 328 g/mol.